The first-order chi connectivity index (χ1) is 6.91. The van der Waals surface area contributed by atoms with Gasteiger partial charge in [0.15, 0.2) is 0 Å². The van der Waals surface area contributed by atoms with Gasteiger partial charge in [-0.05, 0) is 13.8 Å². The van der Waals surface area contributed by atoms with Crippen LogP contribution in [0, 0.1) is 0 Å². The Hall–Kier alpha value is -1.08. The van der Waals surface area contributed by atoms with E-state index in [9.17, 15) is 0 Å². The molecule has 1 nitrogen and oxygen atoms in total. The van der Waals surface area contributed by atoms with Crippen LogP contribution in [0.4, 0.5) is 0 Å². The lowest BCUT2D eigenvalue weighted by Crippen LogP contribution is -1.47. The minimum Gasteiger partial charge on any atom is -0.400 e. The van der Waals surface area contributed by atoms with Gasteiger partial charge in [0.1, 0.15) is 0 Å². The summed E-state index contributed by atoms with van der Waals surface area (Å²) in [6.07, 6.45) is 4.00. The number of allylic oxidation sites excluding steroid dienone is 2. The second kappa shape index (κ2) is 29.7. The summed E-state index contributed by atoms with van der Waals surface area (Å²) in [6, 6.07) is 12.0. The number of rotatable bonds is 0. The Balaban J connectivity index is -0.000000134. The number of benzene rings is 1. The molecule has 0 aliphatic heterocycles. The molecule has 1 rings (SSSR count). The van der Waals surface area contributed by atoms with Crippen molar-refractivity contribution in [3.05, 3.63) is 48.6 Å². The van der Waals surface area contributed by atoms with Gasteiger partial charge in [0, 0.05) is 7.11 Å². The molecule has 14 heavy (non-hydrogen) atoms. The third-order valence-corrected chi connectivity index (χ3v) is 1.00. The predicted octanol–water partition coefficient (Wildman–Crippen LogP) is 3.90. The summed E-state index contributed by atoms with van der Waals surface area (Å²) in [6.45, 7) is 8.00. The van der Waals surface area contributed by atoms with E-state index >= 15 is 0 Å². The molecule has 0 radical (unpaired) electrons. The first kappa shape index (κ1) is 18.7. The molecule has 0 aliphatic carbocycles. The predicted molar refractivity (Wildman–Crippen MR) is 66.4 cm³/mol. The quantitative estimate of drug-likeness (QED) is 0.624. The van der Waals surface area contributed by atoms with Crippen LogP contribution in [0.1, 0.15) is 27.7 Å². The second-order valence-corrected chi connectivity index (χ2v) is 1.82. The van der Waals surface area contributed by atoms with E-state index in [1.807, 2.05) is 76.2 Å². The molecular weight excluding hydrogens is 172 g/mol. The van der Waals surface area contributed by atoms with Crippen LogP contribution in [0.25, 0.3) is 0 Å². The van der Waals surface area contributed by atoms with Crippen molar-refractivity contribution < 1.29 is 5.11 Å². The summed E-state index contributed by atoms with van der Waals surface area (Å²) in [5, 5.41) is 7.00. The molecule has 0 heterocycles. The molecule has 0 amide bonds. The van der Waals surface area contributed by atoms with Gasteiger partial charge in [-0.1, -0.05) is 62.4 Å². The SMILES string of the molecule is CC.CC=CC.CO.c1ccccc1. The van der Waals surface area contributed by atoms with Gasteiger partial charge in [-0.25, -0.2) is 0 Å². The molecular formula is C13H24O. The summed E-state index contributed by atoms with van der Waals surface area (Å²) in [5.41, 5.74) is 0. The van der Waals surface area contributed by atoms with Crippen molar-refractivity contribution in [1.82, 2.24) is 0 Å². The van der Waals surface area contributed by atoms with Gasteiger partial charge >= 0.3 is 0 Å². The maximum atomic E-state index is 7.00. The van der Waals surface area contributed by atoms with Crippen molar-refractivity contribution in [2.24, 2.45) is 0 Å². The van der Waals surface area contributed by atoms with Crippen molar-refractivity contribution in [2.75, 3.05) is 7.11 Å². The highest BCUT2D eigenvalue weighted by molar-refractivity contribution is 4.99. The van der Waals surface area contributed by atoms with Crippen LogP contribution in [-0.2, 0) is 0 Å². The molecule has 0 fully saturated rings. The molecule has 0 aromatic heterocycles. The van der Waals surface area contributed by atoms with Gasteiger partial charge in [-0.3, -0.25) is 0 Å². The Morgan fingerprint density at radius 1 is 0.643 bits per heavy atom. The van der Waals surface area contributed by atoms with Crippen molar-refractivity contribution in [3.63, 3.8) is 0 Å². The van der Waals surface area contributed by atoms with E-state index < -0.39 is 0 Å². The summed E-state index contributed by atoms with van der Waals surface area (Å²) >= 11 is 0. The zero-order chi connectivity index (χ0) is 11.7. The van der Waals surface area contributed by atoms with Crippen molar-refractivity contribution in [3.8, 4) is 0 Å². The molecule has 0 aliphatic rings. The van der Waals surface area contributed by atoms with E-state index in [0.717, 1.165) is 7.11 Å². The average Bonchev–Trinajstić information content (AvgIpc) is 2.36. The first-order valence-corrected chi connectivity index (χ1v) is 4.94. The zero-order valence-corrected chi connectivity index (χ0v) is 10.1. The Morgan fingerprint density at radius 3 is 0.857 bits per heavy atom. The first-order valence-electron chi connectivity index (χ1n) is 4.94. The third kappa shape index (κ3) is 30.7. The monoisotopic (exact) mass is 196 g/mol. The Bertz CT molecular complexity index is 125. The van der Waals surface area contributed by atoms with Crippen molar-refractivity contribution >= 4 is 0 Å². The highest BCUT2D eigenvalue weighted by Gasteiger charge is 1.57. The number of aliphatic hydroxyl groups is 1. The zero-order valence-electron chi connectivity index (χ0n) is 10.1. The van der Waals surface area contributed by atoms with Gasteiger partial charge in [-0.15, -0.1) is 0 Å². The van der Waals surface area contributed by atoms with Gasteiger partial charge in [0.2, 0.25) is 0 Å². The van der Waals surface area contributed by atoms with Crippen LogP contribution in [0.2, 0.25) is 0 Å². The Morgan fingerprint density at radius 2 is 0.786 bits per heavy atom. The molecule has 1 heteroatoms. The van der Waals surface area contributed by atoms with Gasteiger partial charge < -0.3 is 5.11 Å². The summed E-state index contributed by atoms with van der Waals surface area (Å²) in [4.78, 5) is 0. The van der Waals surface area contributed by atoms with Crippen molar-refractivity contribution in [1.29, 1.82) is 0 Å². The fourth-order valence-corrected chi connectivity index (χ4v) is 0.385. The highest BCUT2D eigenvalue weighted by Crippen LogP contribution is 1.79. The van der Waals surface area contributed by atoms with Crippen LogP contribution in [0.15, 0.2) is 48.6 Å². The van der Waals surface area contributed by atoms with E-state index in [2.05, 4.69) is 0 Å². The molecule has 1 aromatic rings. The van der Waals surface area contributed by atoms with Crippen LogP contribution in [0.5, 0.6) is 0 Å². The maximum absolute atomic E-state index is 7.00. The number of hydrogen-bond donors (Lipinski definition) is 1. The second-order valence-electron chi connectivity index (χ2n) is 1.82. The van der Waals surface area contributed by atoms with E-state index in [0.29, 0.717) is 0 Å². The fourth-order valence-electron chi connectivity index (χ4n) is 0.385. The largest absolute Gasteiger partial charge is 0.400 e. The van der Waals surface area contributed by atoms with E-state index in [1.165, 1.54) is 0 Å². The van der Waals surface area contributed by atoms with Crippen LogP contribution < -0.4 is 0 Å². The summed E-state index contributed by atoms with van der Waals surface area (Å²) in [5.74, 6) is 0. The molecule has 0 saturated carbocycles. The molecule has 0 spiro atoms. The molecule has 0 saturated heterocycles. The van der Waals surface area contributed by atoms with Crippen LogP contribution in [-0.4, -0.2) is 12.2 Å². The smallest absolute Gasteiger partial charge is 0.0319 e. The lowest BCUT2D eigenvalue weighted by atomic mass is 10.4. The minimum atomic E-state index is 1.00. The molecule has 0 atom stereocenters. The summed E-state index contributed by atoms with van der Waals surface area (Å²) in [7, 11) is 1.00. The van der Waals surface area contributed by atoms with Crippen LogP contribution in [0.3, 0.4) is 0 Å². The molecule has 1 N–H and O–H groups in total. The standard InChI is InChI=1S/C6H6.C4H8.C2H6.CH4O/c1-2-4-6-5-3-1;1-3-4-2;2*1-2/h1-6H;3-4H,1-2H3;1-2H3;2H,1H3. The van der Waals surface area contributed by atoms with E-state index in [4.69, 9.17) is 5.11 Å². The van der Waals surface area contributed by atoms with E-state index in [1.54, 1.807) is 0 Å². The number of aliphatic hydroxyl groups excluding tert-OH is 1. The average molecular weight is 196 g/mol. The fraction of sp³-hybridized carbons (Fsp3) is 0.385. The highest BCUT2D eigenvalue weighted by atomic mass is 16.2. The van der Waals surface area contributed by atoms with Gasteiger partial charge in [0.25, 0.3) is 0 Å². The topological polar surface area (TPSA) is 20.2 Å². The van der Waals surface area contributed by atoms with Gasteiger partial charge in [0.05, 0.1) is 0 Å². The Kier molecular flexibility index (Phi) is 39.6. The third-order valence-electron chi connectivity index (χ3n) is 1.00. The summed E-state index contributed by atoms with van der Waals surface area (Å²) < 4.78 is 0. The molecule has 1 aromatic carbocycles. The lowest BCUT2D eigenvalue weighted by Gasteiger charge is -1.69. The van der Waals surface area contributed by atoms with E-state index in [-0.39, 0.29) is 0 Å². The molecule has 82 valence electrons. The minimum absolute atomic E-state index is 1.00. The van der Waals surface area contributed by atoms with Crippen molar-refractivity contribution in [2.45, 2.75) is 27.7 Å². The molecule has 0 bridgehead atoms. The Labute approximate surface area is 89.1 Å². The lowest BCUT2D eigenvalue weighted by molar-refractivity contribution is 0.399. The molecule has 0 unspecified atom stereocenters. The number of hydrogen-bond acceptors (Lipinski definition) is 1. The maximum Gasteiger partial charge on any atom is 0.0319 e. The van der Waals surface area contributed by atoms with Gasteiger partial charge in [-0.2, -0.15) is 0 Å². The van der Waals surface area contributed by atoms with Crippen LogP contribution >= 0.6 is 0 Å². The normalized spacial score (nSPS) is 7.00.